The van der Waals surface area contributed by atoms with E-state index in [9.17, 15) is 17.2 Å². The van der Waals surface area contributed by atoms with Gasteiger partial charge in [0.25, 0.3) is 0 Å². The van der Waals surface area contributed by atoms with E-state index in [0.29, 0.717) is 5.56 Å². The number of halogens is 2. The zero-order valence-corrected chi connectivity index (χ0v) is 14.2. The summed E-state index contributed by atoms with van der Waals surface area (Å²) < 4.78 is 59.1. The first kappa shape index (κ1) is 18.5. The van der Waals surface area contributed by atoms with Crippen molar-refractivity contribution in [3.05, 3.63) is 71.3 Å². The lowest BCUT2D eigenvalue weighted by molar-refractivity contribution is 0.00409. The lowest BCUT2D eigenvalue weighted by Crippen LogP contribution is -2.41. The fourth-order valence-corrected chi connectivity index (χ4v) is 3.49. The number of benzene rings is 2. The van der Waals surface area contributed by atoms with Gasteiger partial charge in [0, 0.05) is 19.2 Å². The van der Waals surface area contributed by atoms with Crippen molar-refractivity contribution >= 4 is 10.0 Å². The quantitative estimate of drug-likeness (QED) is 0.831. The average molecular weight is 355 g/mol. The fourth-order valence-electron chi connectivity index (χ4n) is 2.27. The second-order valence-corrected chi connectivity index (χ2v) is 7.43. The minimum absolute atomic E-state index is 0.131. The van der Waals surface area contributed by atoms with Gasteiger partial charge in [-0.15, -0.1) is 0 Å². The summed E-state index contributed by atoms with van der Waals surface area (Å²) in [6.45, 7) is 1.47. The van der Waals surface area contributed by atoms with Gasteiger partial charge in [-0.2, -0.15) is 0 Å². The molecule has 4 nitrogen and oxygen atoms in total. The number of hydrogen-bond acceptors (Lipinski definition) is 3. The third kappa shape index (κ3) is 4.59. The van der Waals surface area contributed by atoms with Crippen molar-refractivity contribution in [2.24, 2.45) is 0 Å². The molecule has 0 saturated carbocycles. The summed E-state index contributed by atoms with van der Waals surface area (Å²) in [5.41, 5.74) is -0.438. The van der Waals surface area contributed by atoms with Gasteiger partial charge >= 0.3 is 0 Å². The van der Waals surface area contributed by atoms with Crippen molar-refractivity contribution in [1.82, 2.24) is 4.72 Å². The van der Waals surface area contributed by atoms with E-state index in [1.54, 1.807) is 25.1 Å². The van der Waals surface area contributed by atoms with Crippen LogP contribution in [0.5, 0.6) is 0 Å². The number of nitrogens with one attached hydrogen (secondary N) is 1. The molecule has 0 aliphatic carbocycles. The lowest BCUT2D eigenvalue weighted by atomic mass is 9.95. The standard InChI is InChI=1S/C17H19F2NO3S/c1-17(23-2,15-5-3-4-6-16(15)19)12-20-24(21,22)11-13-7-9-14(18)10-8-13/h3-10,20H,11-12H2,1-2H3. The van der Waals surface area contributed by atoms with E-state index < -0.39 is 27.3 Å². The van der Waals surface area contributed by atoms with E-state index in [0.717, 1.165) is 0 Å². The van der Waals surface area contributed by atoms with Gasteiger partial charge in [-0.1, -0.05) is 30.3 Å². The van der Waals surface area contributed by atoms with Crippen LogP contribution < -0.4 is 4.72 Å². The van der Waals surface area contributed by atoms with Crippen LogP contribution in [-0.4, -0.2) is 22.1 Å². The summed E-state index contributed by atoms with van der Waals surface area (Å²) in [6.07, 6.45) is 0. The maximum absolute atomic E-state index is 14.0. The summed E-state index contributed by atoms with van der Waals surface area (Å²) in [5.74, 6) is -1.21. The van der Waals surface area contributed by atoms with Crippen LogP contribution in [0.1, 0.15) is 18.1 Å². The maximum Gasteiger partial charge on any atom is 0.215 e. The van der Waals surface area contributed by atoms with Gasteiger partial charge in [0.15, 0.2) is 0 Å². The predicted octanol–water partition coefficient (Wildman–Crippen LogP) is 2.95. The molecule has 2 rings (SSSR count). The molecule has 130 valence electrons. The molecular formula is C17H19F2NO3S. The van der Waals surface area contributed by atoms with Crippen LogP contribution in [0.4, 0.5) is 8.78 Å². The zero-order chi connectivity index (χ0) is 17.8. The number of ether oxygens (including phenoxy) is 1. The molecule has 0 aliphatic heterocycles. The normalized spacial score (nSPS) is 14.3. The Kier molecular flexibility index (Phi) is 5.69. The van der Waals surface area contributed by atoms with Crippen LogP contribution in [0.25, 0.3) is 0 Å². The van der Waals surface area contributed by atoms with E-state index in [1.165, 1.54) is 37.4 Å². The van der Waals surface area contributed by atoms with Gasteiger partial charge in [-0.05, 0) is 30.7 Å². The van der Waals surface area contributed by atoms with Crippen LogP contribution in [-0.2, 0) is 26.1 Å². The highest BCUT2D eigenvalue weighted by molar-refractivity contribution is 7.88. The highest BCUT2D eigenvalue weighted by Crippen LogP contribution is 2.26. The molecule has 24 heavy (non-hydrogen) atoms. The molecule has 1 unspecified atom stereocenters. The predicted molar refractivity (Wildman–Crippen MR) is 87.8 cm³/mol. The second-order valence-electron chi connectivity index (χ2n) is 5.62. The van der Waals surface area contributed by atoms with Crippen LogP contribution in [0, 0.1) is 11.6 Å². The average Bonchev–Trinajstić information content (AvgIpc) is 2.55. The number of methoxy groups -OCH3 is 1. The van der Waals surface area contributed by atoms with Crippen molar-refractivity contribution in [1.29, 1.82) is 0 Å². The summed E-state index contributed by atoms with van der Waals surface area (Å²) in [5, 5.41) is 0. The van der Waals surface area contributed by atoms with Crippen LogP contribution in [0.3, 0.4) is 0 Å². The highest BCUT2D eigenvalue weighted by atomic mass is 32.2. The Hall–Kier alpha value is -1.83. The van der Waals surface area contributed by atoms with Crippen molar-refractivity contribution in [3.63, 3.8) is 0 Å². The summed E-state index contributed by atoms with van der Waals surface area (Å²) >= 11 is 0. The largest absolute Gasteiger partial charge is 0.372 e. The van der Waals surface area contributed by atoms with Crippen molar-refractivity contribution in [3.8, 4) is 0 Å². The Balaban J connectivity index is 2.11. The molecule has 0 spiro atoms. The van der Waals surface area contributed by atoms with Crippen LogP contribution in [0.2, 0.25) is 0 Å². The van der Waals surface area contributed by atoms with E-state index >= 15 is 0 Å². The molecule has 0 amide bonds. The van der Waals surface area contributed by atoms with Crippen molar-refractivity contribution < 1.29 is 21.9 Å². The van der Waals surface area contributed by atoms with E-state index in [2.05, 4.69) is 4.72 Å². The third-order valence-electron chi connectivity index (χ3n) is 3.79. The molecule has 2 aromatic rings. The van der Waals surface area contributed by atoms with E-state index in [4.69, 9.17) is 4.74 Å². The number of hydrogen-bond donors (Lipinski definition) is 1. The molecule has 0 saturated heterocycles. The summed E-state index contributed by atoms with van der Waals surface area (Å²) in [4.78, 5) is 0. The molecule has 7 heteroatoms. The topological polar surface area (TPSA) is 55.4 Å². The smallest absolute Gasteiger partial charge is 0.215 e. The molecule has 1 atom stereocenters. The number of sulfonamides is 1. The zero-order valence-electron chi connectivity index (χ0n) is 13.4. The van der Waals surface area contributed by atoms with Gasteiger partial charge in [0.2, 0.25) is 10.0 Å². The van der Waals surface area contributed by atoms with E-state index in [-0.39, 0.29) is 17.9 Å². The minimum atomic E-state index is -3.69. The van der Waals surface area contributed by atoms with E-state index in [1.807, 2.05) is 0 Å². The first-order chi connectivity index (χ1) is 11.3. The maximum atomic E-state index is 14.0. The Morgan fingerprint density at radius 3 is 2.29 bits per heavy atom. The third-order valence-corrected chi connectivity index (χ3v) is 5.09. The van der Waals surface area contributed by atoms with Gasteiger partial charge < -0.3 is 4.74 Å². The molecule has 1 N–H and O–H groups in total. The van der Waals surface area contributed by atoms with Crippen LogP contribution >= 0.6 is 0 Å². The monoisotopic (exact) mass is 355 g/mol. The van der Waals surface area contributed by atoms with Crippen molar-refractivity contribution in [2.75, 3.05) is 13.7 Å². The fraction of sp³-hybridized carbons (Fsp3) is 0.294. The Morgan fingerprint density at radius 2 is 1.71 bits per heavy atom. The first-order valence-electron chi connectivity index (χ1n) is 7.28. The van der Waals surface area contributed by atoms with Gasteiger partial charge in [0.1, 0.15) is 17.2 Å². The minimum Gasteiger partial charge on any atom is -0.372 e. The second kappa shape index (κ2) is 7.38. The molecule has 0 bridgehead atoms. The Morgan fingerprint density at radius 1 is 1.08 bits per heavy atom. The van der Waals surface area contributed by atoms with Crippen LogP contribution in [0.15, 0.2) is 48.5 Å². The molecule has 0 radical (unpaired) electrons. The molecule has 0 fully saturated rings. The van der Waals surface area contributed by atoms with Gasteiger partial charge in [0.05, 0.1) is 5.75 Å². The van der Waals surface area contributed by atoms with Crippen molar-refractivity contribution in [2.45, 2.75) is 18.3 Å². The Bertz CT molecular complexity index is 794. The van der Waals surface area contributed by atoms with Gasteiger partial charge in [-0.25, -0.2) is 21.9 Å². The van der Waals surface area contributed by atoms with Gasteiger partial charge in [-0.3, -0.25) is 0 Å². The molecule has 0 aliphatic rings. The SMILES string of the molecule is COC(C)(CNS(=O)(=O)Cc1ccc(F)cc1)c1ccccc1F. The molecular weight excluding hydrogens is 336 g/mol. The summed E-state index contributed by atoms with van der Waals surface area (Å²) in [7, 11) is -2.30. The number of rotatable bonds is 7. The molecule has 2 aromatic carbocycles. The molecule has 0 aromatic heterocycles. The summed E-state index contributed by atoms with van der Waals surface area (Å²) in [6, 6.07) is 11.2. The lowest BCUT2D eigenvalue weighted by Gasteiger charge is -2.29. The molecule has 0 heterocycles. The first-order valence-corrected chi connectivity index (χ1v) is 8.93. The Labute approximate surface area is 140 Å². The highest BCUT2D eigenvalue weighted by Gasteiger charge is 2.30.